The highest BCUT2D eigenvalue weighted by atomic mass is 16.1. The number of amides is 1. The SMILES string of the molecule is CC(=O)Nc1ccc(N2C=C(Nc3cc(C4CC4)[nH]n3)n3ccnc3C2)cc1. The maximum absolute atomic E-state index is 11.2. The van der Waals surface area contributed by atoms with Crippen molar-refractivity contribution in [2.24, 2.45) is 0 Å². The molecule has 8 heteroatoms. The molecule has 1 fully saturated rings. The number of nitrogens with zero attached hydrogens (tertiary/aromatic N) is 4. The third-order valence-electron chi connectivity index (χ3n) is 4.96. The second-order valence-corrected chi connectivity index (χ2v) is 7.19. The fraction of sp³-hybridized carbons (Fsp3) is 0.250. The summed E-state index contributed by atoms with van der Waals surface area (Å²) in [5, 5.41) is 13.7. The smallest absolute Gasteiger partial charge is 0.221 e. The zero-order valence-corrected chi connectivity index (χ0v) is 15.5. The average Bonchev–Trinajstić information content (AvgIpc) is 3.23. The highest BCUT2D eigenvalue weighted by Gasteiger charge is 2.26. The molecule has 2 aromatic heterocycles. The maximum atomic E-state index is 11.2. The summed E-state index contributed by atoms with van der Waals surface area (Å²) < 4.78 is 2.04. The molecule has 5 rings (SSSR count). The minimum atomic E-state index is -0.0799. The fourth-order valence-electron chi connectivity index (χ4n) is 3.41. The number of H-pyrrole nitrogens is 1. The van der Waals surface area contributed by atoms with Gasteiger partial charge < -0.3 is 15.5 Å². The zero-order valence-electron chi connectivity index (χ0n) is 15.5. The minimum Gasteiger partial charge on any atom is -0.337 e. The molecule has 2 aliphatic rings. The second kappa shape index (κ2) is 6.56. The molecule has 3 N–H and O–H groups in total. The first-order valence-electron chi connectivity index (χ1n) is 9.37. The quantitative estimate of drug-likeness (QED) is 0.636. The Morgan fingerprint density at radius 3 is 2.82 bits per heavy atom. The van der Waals surface area contributed by atoms with E-state index in [9.17, 15) is 4.79 Å². The van der Waals surface area contributed by atoms with Crippen molar-refractivity contribution in [3.8, 4) is 0 Å². The highest BCUT2D eigenvalue weighted by Crippen LogP contribution is 2.39. The number of hydrogen-bond donors (Lipinski definition) is 3. The predicted octanol–water partition coefficient (Wildman–Crippen LogP) is 3.33. The van der Waals surface area contributed by atoms with E-state index in [1.165, 1.54) is 25.5 Å². The van der Waals surface area contributed by atoms with E-state index >= 15 is 0 Å². The lowest BCUT2D eigenvalue weighted by atomic mass is 10.2. The van der Waals surface area contributed by atoms with Crippen LogP contribution in [0.25, 0.3) is 5.82 Å². The van der Waals surface area contributed by atoms with Crippen LogP contribution < -0.4 is 15.5 Å². The Hall–Kier alpha value is -3.55. The topological polar surface area (TPSA) is 90.9 Å². The van der Waals surface area contributed by atoms with Crippen molar-refractivity contribution < 1.29 is 4.79 Å². The number of aromatic amines is 1. The van der Waals surface area contributed by atoms with Gasteiger partial charge in [-0.05, 0) is 37.1 Å². The van der Waals surface area contributed by atoms with Crippen LogP contribution in [0, 0.1) is 0 Å². The van der Waals surface area contributed by atoms with Gasteiger partial charge in [0.1, 0.15) is 11.6 Å². The lowest BCUT2D eigenvalue weighted by Gasteiger charge is -2.28. The Morgan fingerprint density at radius 2 is 2.07 bits per heavy atom. The van der Waals surface area contributed by atoms with Crippen LogP contribution in [0.1, 0.15) is 37.2 Å². The molecule has 3 heterocycles. The molecule has 0 unspecified atom stereocenters. The summed E-state index contributed by atoms with van der Waals surface area (Å²) in [7, 11) is 0. The molecule has 28 heavy (non-hydrogen) atoms. The van der Waals surface area contributed by atoms with E-state index < -0.39 is 0 Å². The van der Waals surface area contributed by atoms with Crippen molar-refractivity contribution in [1.82, 2.24) is 19.7 Å². The van der Waals surface area contributed by atoms with Crippen molar-refractivity contribution in [3.05, 3.63) is 60.4 Å². The molecule has 1 aromatic carbocycles. The first-order chi connectivity index (χ1) is 13.7. The Balaban J connectivity index is 1.41. The molecule has 0 saturated heterocycles. The Morgan fingerprint density at radius 1 is 1.25 bits per heavy atom. The van der Waals surface area contributed by atoms with E-state index in [1.807, 2.05) is 41.2 Å². The number of carbonyl (C=O) groups excluding carboxylic acids is 1. The van der Waals surface area contributed by atoms with Gasteiger partial charge >= 0.3 is 0 Å². The standard InChI is InChI=1S/C20H21N7O/c1-13(28)22-15-4-6-16(7-5-15)26-11-19-21-8-9-27(19)20(12-26)23-18-10-17(24-25-18)14-2-3-14/h4-10,12,14H,2-3,11H2,1H3,(H,22,28)(H2,23,24,25). The first kappa shape index (κ1) is 16.6. The first-order valence-corrected chi connectivity index (χ1v) is 9.37. The van der Waals surface area contributed by atoms with Gasteiger partial charge in [0.05, 0.1) is 6.54 Å². The Kier molecular flexibility index (Phi) is 3.89. The van der Waals surface area contributed by atoms with Gasteiger partial charge in [-0.25, -0.2) is 4.98 Å². The Bertz CT molecular complexity index is 1040. The number of anilines is 3. The van der Waals surface area contributed by atoms with E-state index in [4.69, 9.17) is 0 Å². The van der Waals surface area contributed by atoms with Crippen molar-refractivity contribution in [2.75, 3.05) is 15.5 Å². The van der Waals surface area contributed by atoms with E-state index in [1.54, 1.807) is 6.20 Å². The fourth-order valence-corrected chi connectivity index (χ4v) is 3.41. The van der Waals surface area contributed by atoms with Gasteiger partial charge in [0.15, 0.2) is 5.82 Å². The van der Waals surface area contributed by atoms with Gasteiger partial charge in [-0.3, -0.25) is 14.5 Å². The van der Waals surface area contributed by atoms with Crippen molar-refractivity contribution in [2.45, 2.75) is 32.2 Å². The van der Waals surface area contributed by atoms with E-state index in [2.05, 4.69) is 36.8 Å². The van der Waals surface area contributed by atoms with Crippen LogP contribution in [0.5, 0.6) is 0 Å². The summed E-state index contributed by atoms with van der Waals surface area (Å²) in [5.74, 6) is 3.18. The van der Waals surface area contributed by atoms with Gasteiger partial charge in [-0.15, -0.1) is 0 Å². The van der Waals surface area contributed by atoms with Crippen LogP contribution in [0.15, 0.2) is 48.9 Å². The monoisotopic (exact) mass is 375 g/mol. The van der Waals surface area contributed by atoms with Crippen LogP contribution in [0.2, 0.25) is 0 Å². The number of nitrogens with one attached hydrogen (secondary N) is 3. The zero-order chi connectivity index (χ0) is 19.1. The van der Waals surface area contributed by atoms with Gasteiger partial charge in [0.25, 0.3) is 0 Å². The normalized spacial score (nSPS) is 15.8. The summed E-state index contributed by atoms with van der Waals surface area (Å²) in [6.45, 7) is 2.16. The van der Waals surface area contributed by atoms with Crippen LogP contribution in [0.4, 0.5) is 17.2 Å². The molecule has 1 saturated carbocycles. The number of rotatable bonds is 5. The molecule has 3 aromatic rings. The summed E-state index contributed by atoms with van der Waals surface area (Å²) in [6.07, 6.45) is 8.26. The van der Waals surface area contributed by atoms with Crippen molar-refractivity contribution in [3.63, 3.8) is 0 Å². The van der Waals surface area contributed by atoms with Crippen molar-refractivity contribution in [1.29, 1.82) is 0 Å². The van der Waals surface area contributed by atoms with Gasteiger partial charge in [0, 0.05) is 54.6 Å². The number of carbonyl (C=O) groups is 1. The number of hydrogen-bond acceptors (Lipinski definition) is 5. The van der Waals surface area contributed by atoms with E-state index in [-0.39, 0.29) is 5.91 Å². The third-order valence-corrected chi connectivity index (χ3v) is 4.96. The maximum Gasteiger partial charge on any atom is 0.221 e. The summed E-state index contributed by atoms with van der Waals surface area (Å²) in [6, 6.07) is 9.84. The van der Waals surface area contributed by atoms with E-state index in [0.29, 0.717) is 12.5 Å². The predicted molar refractivity (Wildman–Crippen MR) is 108 cm³/mol. The second-order valence-electron chi connectivity index (χ2n) is 7.19. The molecule has 0 atom stereocenters. The average molecular weight is 375 g/mol. The molecule has 8 nitrogen and oxygen atoms in total. The highest BCUT2D eigenvalue weighted by molar-refractivity contribution is 5.88. The lowest BCUT2D eigenvalue weighted by molar-refractivity contribution is -0.114. The number of fused-ring (bicyclic) bond motifs is 1. The summed E-state index contributed by atoms with van der Waals surface area (Å²) >= 11 is 0. The molecule has 1 aliphatic heterocycles. The van der Waals surface area contributed by atoms with Crippen LogP contribution >= 0.6 is 0 Å². The van der Waals surface area contributed by atoms with Crippen LogP contribution in [-0.2, 0) is 11.3 Å². The van der Waals surface area contributed by atoms with Gasteiger partial charge in [-0.1, -0.05) is 0 Å². The van der Waals surface area contributed by atoms with Gasteiger partial charge in [-0.2, -0.15) is 5.10 Å². The molecule has 142 valence electrons. The lowest BCUT2D eigenvalue weighted by Crippen LogP contribution is -2.27. The molecule has 1 amide bonds. The molecule has 1 aliphatic carbocycles. The molecule has 0 bridgehead atoms. The third kappa shape index (κ3) is 3.24. The molecule has 0 radical (unpaired) electrons. The molecular weight excluding hydrogens is 354 g/mol. The Labute approximate surface area is 162 Å². The van der Waals surface area contributed by atoms with Crippen LogP contribution in [0.3, 0.4) is 0 Å². The summed E-state index contributed by atoms with van der Waals surface area (Å²) in [4.78, 5) is 17.8. The minimum absolute atomic E-state index is 0.0799. The number of benzene rings is 1. The van der Waals surface area contributed by atoms with E-state index in [0.717, 1.165) is 28.8 Å². The largest absolute Gasteiger partial charge is 0.337 e. The molecule has 0 spiro atoms. The van der Waals surface area contributed by atoms with Crippen LogP contribution in [-0.4, -0.2) is 25.7 Å². The van der Waals surface area contributed by atoms with Gasteiger partial charge in [0.2, 0.25) is 5.91 Å². The number of imidazole rings is 1. The molecular formula is C20H21N7O. The summed E-state index contributed by atoms with van der Waals surface area (Å²) in [5.41, 5.74) is 2.99. The van der Waals surface area contributed by atoms with Crippen molar-refractivity contribution >= 4 is 28.9 Å². The number of aromatic nitrogens is 4.